The molecule has 0 bridgehead atoms. The van der Waals surface area contributed by atoms with Gasteiger partial charge in [-0.1, -0.05) is 0 Å². The Bertz CT molecular complexity index is 1020. The third kappa shape index (κ3) is 4.88. The number of phenolic OH excluding ortho intramolecular Hbond substituents is 1. The summed E-state index contributed by atoms with van der Waals surface area (Å²) in [6.07, 6.45) is 3.09. The number of phenols is 1. The van der Waals surface area contributed by atoms with E-state index in [0.29, 0.717) is 24.6 Å². The van der Waals surface area contributed by atoms with Crippen LogP contribution in [0.15, 0.2) is 24.3 Å². The van der Waals surface area contributed by atoms with Crippen LogP contribution < -0.4 is 14.2 Å². The average molecular weight is 455 g/mol. The molecule has 33 heavy (non-hydrogen) atoms. The molecule has 0 saturated carbocycles. The second kappa shape index (κ2) is 9.91. The predicted octanol–water partition coefficient (Wildman–Crippen LogP) is 3.01. The highest BCUT2D eigenvalue weighted by molar-refractivity contribution is 5.80. The number of amides is 1. The number of rotatable bonds is 9. The first-order chi connectivity index (χ1) is 15.9. The molecule has 1 aliphatic carbocycles. The van der Waals surface area contributed by atoms with Crippen LogP contribution in [0.2, 0.25) is 0 Å². The summed E-state index contributed by atoms with van der Waals surface area (Å²) in [4.78, 5) is 17.1. The van der Waals surface area contributed by atoms with Crippen LogP contribution in [0, 0.1) is 0 Å². The Kier molecular flexibility index (Phi) is 6.98. The fourth-order valence-electron chi connectivity index (χ4n) is 5.01. The van der Waals surface area contributed by atoms with Gasteiger partial charge in [0.2, 0.25) is 5.91 Å². The second-order valence-electron chi connectivity index (χ2n) is 9.02. The molecule has 2 aromatic carbocycles. The zero-order chi connectivity index (χ0) is 23.5. The monoisotopic (exact) mass is 454 g/mol. The molecular formula is C26H34N2O5. The number of carbonyl (C=O) groups excluding carboxylic acids is 1. The van der Waals surface area contributed by atoms with Crippen LogP contribution in [0.1, 0.15) is 34.6 Å². The van der Waals surface area contributed by atoms with E-state index in [1.807, 2.05) is 4.90 Å². The van der Waals surface area contributed by atoms with E-state index < -0.39 is 0 Å². The Morgan fingerprint density at radius 2 is 1.70 bits per heavy atom. The zero-order valence-electron chi connectivity index (χ0n) is 20.0. The van der Waals surface area contributed by atoms with Gasteiger partial charge in [0.15, 0.2) is 23.0 Å². The molecule has 2 aromatic rings. The number of carbonyl (C=O) groups is 1. The van der Waals surface area contributed by atoms with Crippen molar-refractivity contribution in [3.8, 4) is 23.0 Å². The summed E-state index contributed by atoms with van der Waals surface area (Å²) in [5.41, 5.74) is 4.66. The number of aromatic hydroxyl groups is 1. The fourth-order valence-corrected chi connectivity index (χ4v) is 5.01. The fraction of sp³-hybridized carbons (Fsp3) is 0.500. The topological polar surface area (TPSA) is 71.5 Å². The number of nitrogens with zero attached hydrogens (tertiary/aromatic N) is 2. The first-order valence-corrected chi connectivity index (χ1v) is 11.5. The molecular weight excluding hydrogens is 420 g/mol. The van der Waals surface area contributed by atoms with Crippen molar-refractivity contribution in [2.75, 3.05) is 54.6 Å². The maximum atomic E-state index is 12.8. The molecule has 1 aliphatic heterocycles. The van der Waals surface area contributed by atoms with Gasteiger partial charge in [0.1, 0.15) is 0 Å². The Balaban J connectivity index is 1.27. The first-order valence-electron chi connectivity index (χ1n) is 11.5. The number of benzene rings is 2. The average Bonchev–Trinajstić information content (AvgIpc) is 2.94. The molecule has 4 rings (SSSR count). The highest BCUT2D eigenvalue weighted by Gasteiger charge is 2.29. The Morgan fingerprint density at radius 1 is 1.00 bits per heavy atom. The Morgan fingerprint density at radius 3 is 2.42 bits per heavy atom. The van der Waals surface area contributed by atoms with Crippen LogP contribution in [0.25, 0.3) is 0 Å². The van der Waals surface area contributed by atoms with Crippen molar-refractivity contribution in [3.63, 3.8) is 0 Å². The van der Waals surface area contributed by atoms with E-state index in [2.05, 4.69) is 24.1 Å². The smallest absolute Gasteiger partial charge is 0.227 e. The van der Waals surface area contributed by atoms with Gasteiger partial charge in [-0.25, -0.2) is 0 Å². The lowest BCUT2D eigenvalue weighted by Crippen LogP contribution is -2.36. The van der Waals surface area contributed by atoms with Gasteiger partial charge in [0.05, 0.1) is 27.8 Å². The molecule has 1 atom stereocenters. The van der Waals surface area contributed by atoms with Crippen molar-refractivity contribution in [3.05, 3.63) is 46.5 Å². The van der Waals surface area contributed by atoms with E-state index in [0.717, 1.165) is 61.5 Å². The highest BCUT2D eigenvalue weighted by atomic mass is 16.5. The van der Waals surface area contributed by atoms with E-state index in [4.69, 9.17) is 14.2 Å². The number of hydrogen-bond donors (Lipinski definition) is 1. The number of fused-ring (bicyclic) bond motifs is 2. The summed E-state index contributed by atoms with van der Waals surface area (Å²) in [6, 6.07) is 7.72. The lowest BCUT2D eigenvalue weighted by atomic mass is 9.77. The molecule has 178 valence electrons. The summed E-state index contributed by atoms with van der Waals surface area (Å²) in [7, 11) is 7.01. The standard InChI is InChI=1S/C26H34N2O5/c1-27(16-20-10-19-13-24(32-3)25(33-4)15-21(19)20)7-5-8-28-9-6-17-11-22(29)23(31-2)12-18(17)14-26(28)30/h11-13,15,20,29H,5-10,14,16H2,1-4H3/t20-/m0/s1. The van der Waals surface area contributed by atoms with Crippen molar-refractivity contribution >= 4 is 5.91 Å². The molecule has 1 amide bonds. The first kappa shape index (κ1) is 23.2. The van der Waals surface area contributed by atoms with E-state index >= 15 is 0 Å². The lowest BCUT2D eigenvalue weighted by molar-refractivity contribution is -0.130. The summed E-state index contributed by atoms with van der Waals surface area (Å²) in [6.45, 7) is 3.34. The summed E-state index contributed by atoms with van der Waals surface area (Å²) in [5, 5.41) is 10.1. The number of methoxy groups -OCH3 is 3. The van der Waals surface area contributed by atoms with Crippen molar-refractivity contribution in [1.29, 1.82) is 0 Å². The van der Waals surface area contributed by atoms with E-state index in [9.17, 15) is 9.90 Å². The Labute approximate surface area is 195 Å². The van der Waals surface area contributed by atoms with Gasteiger partial charge in [0, 0.05) is 25.6 Å². The molecule has 0 spiro atoms. The van der Waals surface area contributed by atoms with Gasteiger partial charge in [-0.2, -0.15) is 0 Å². The van der Waals surface area contributed by atoms with Crippen LogP contribution >= 0.6 is 0 Å². The molecule has 0 aromatic heterocycles. The van der Waals surface area contributed by atoms with Crippen molar-refractivity contribution in [1.82, 2.24) is 9.80 Å². The van der Waals surface area contributed by atoms with Crippen LogP contribution in [-0.4, -0.2) is 75.4 Å². The quantitative estimate of drug-likeness (QED) is 0.628. The molecule has 0 saturated heterocycles. The van der Waals surface area contributed by atoms with Gasteiger partial charge in [0.25, 0.3) is 0 Å². The molecule has 1 N–H and O–H groups in total. The molecule has 0 fully saturated rings. The molecule has 0 radical (unpaired) electrons. The summed E-state index contributed by atoms with van der Waals surface area (Å²) >= 11 is 0. The minimum atomic E-state index is 0.132. The van der Waals surface area contributed by atoms with Gasteiger partial charge in [-0.3, -0.25) is 4.79 Å². The molecule has 0 unspecified atom stereocenters. The van der Waals surface area contributed by atoms with Crippen LogP contribution in [-0.2, 0) is 24.1 Å². The van der Waals surface area contributed by atoms with Gasteiger partial charge in [-0.05, 0) is 79.4 Å². The third-order valence-corrected chi connectivity index (χ3v) is 6.90. The Hall–Kier alpha value is -2.93. The maximum Gasteiger partial charge on any atom is 0.227 e. The predicted molar refractivity (Wildman–Crippen MR) is 127 cm³/mol. The van der Waals surface area contributed by atoms with Crippen LogP contribution in [0.5, 0.6) is 23.0 Å². The van der Waals surface area contributed by atoms with E-state index in [1.54, 1.807) is 26.4 Å². The molecule has 7 heteroatoms. The van der Waals surface area contributed by atoms with E-state index in [1.165, 1.54) is 18.2 Å². The number of ether oxygens (including phenoxy) is 3. The van der Waals surface area contributed by atoms with Gasteiger partial charge >= 0.3 is 0 Å². The highest BCUT2D eigenvalue weighted by Crippen LogP contribution is 2.42. The second-order valence-corrected chi connectivity index (χ2v) is 9.02. The zero-order valence-corrected chi connectivity index (χ0v) is 20.0. The number of hydrogen-bond acceptors (Lipinski definition) is 6. The van der Waals surface area contributed by atoms with Crippen LogP contribution in [0.3, 0.4) is 0 Å². The lowest BCUT2D eigenvalue weighted by Gasteiger charge is -2.34. The molecule has 1 heterocycles. The minimum absolute atomic E-state index is 0.132. The largest absolute Gasteiger partial charge is 0.504 e. The maximum absolute atomic E-state index is 12.8. The van der Waals surface area contributed by atoms with Crippen molar-refractivity contribution in [2.24, 2.45) is 0 Å². The minimum Gasteiger partial charge on any atom is -0.504 e. The molecule has 2 aliphatic rings. The van der Waals surface area contributed by atoms with E-state index in [-0.39, 0.29) is 11.7 Å². The summed E-state index contributed by atoms with van der Waals surface area (Å²) in [5.74, 6) is 2.77. The summed E-state index contributed by atoms with van der Waals surface area (Å²) < 4.78 is 16.1. The number of likely N-dealkylation sites (N-methyl/N-ethyl adjacent to an activating group) is 1. The van der Waals surface area contributed by atoms with Crippen molar-refractivity contribution < 1.29 is 24.1 Å². The normalized spacial score (nSPS) is 17.2. The van der Waals surface area contributed by atoms with Gasteiger partial charge < -0.3 is 29.1 Å². The van der Waals surface area contributed by atoms with Crippen molar-refractivity contribution in [2.45, 2.75) is 31.6 Å². The van der Waals surface area contributed by atoms with Gasteiger partial charge in [-0.15, -0.1) is 0 Å². The van der Waals surface area contributed by atoms with Crippen LogP contribution in [0.4, 0.5) is 0 Å². The molecule has 7 nitrogen and oxygen atoms in total. The SMILES string of the molecule is COc1cc2c(cc1O)CCN(CCCN(C)C[C@@H]1Cc3cc(OC)c(OC)cc31)C(=O)C2. The third-order valence-electron chi connectivity index (χ3n) is 6.90.